The van der Waals surface area contributed by atoms with Crippen LogP contribution in [0.2, 0.25) is 0 Å². The molecule has 0 radical (unpaired) electrons. The molecule has 0 fully saturated rings. The molecule has 0 atom stereocenters. The first kappa shape index (κ1) is 23.4. The van der Waals surface area contributed by atoms with E-state index in [9.17, 15) is 19.7 Å². The van der Waals surface area contributed by atoms with Crippen LogP contribution < -0.4 is 5.32 Å². The summed E-state index contributed by atoms with van der Waals surface area (Å²) in [5.74, 6) is -1.17. The van der Waals surface area contributed by atoms with E-state index >= 15 is 0 Å². The number of nitrogens with zero attached hydrogens (tertiary/aromatic N) is 3. The number of aryl methyl sites for hydroxylation is 1. The quantitative estimate of drug-likeness (QED) is 0.232. The molecule has 9 nitrogen and oxygen atoms in total. The number of benzene rings is 2. The van der Waals surface area contributed by atoms with Crippen molar-refractivity contribution in [2.45, 2.75) is 26.9 Å². The maximum absolute atomic E-state index is 12.1. The summed E-state index contributed by atoms with van der Waals surface area (Å²) < 4.78 is 6.84. The van der Waals surface area contributed by atoms with Crippen molar-refractivity contribution in [1.29, 1.82) is 0 Å². The average molecular weight is 448 g/mol. The third-order valence-electron chi connectivity index (χ3n) is 5.01. The maximum Gasteiger partial charge on any atom is 0.331 e. The molecule has 1 heterocycles. The first-order chi connectivity index (χ1) is 15.8. The van der Waals surface area contributed by atoms with Gasteiger partial charge in [0.15, 0.2) is 6.61 Å². The number of amides is 1. The van der Waals surface area contributed by atoms with Crippen LogP contribution >= 0.6 is 0 Å². The summed E-state index contributed by atoms with van der Waals surface area (Å²) in [6, 6.07) is 15.8. The van der Waals surface area contributed by atoms with Gasteiger partial charge in [-0.3, -0.25) is 19.6 Å². The molecule has 3 rings (SSSR count). The van der Waals surface area contributed by atoms with Gasteiger partial charge in [0.2, 0.25) is 0 Å². The normalized spacial score (nSPS) is 10.8. The Bertz CT molecular complexity index is 1180. The van der Waals surface area contributed by atoms with Gasteiger partial charge in [0.05, 0.1) is 17.2 Å². The van der Waals surface area contributed by atoms with Gasteiger partial charge in [-0.15, -0.1) is 0 Å². The Balaban J connectivity index is 1.49. The lowest BCUT2D eigenvalue weighted by Gasteiger charge is -2.07. The number of nitro groups is 1. The molecule has 9 heteroatoms. The standard InChI is InChI=1S/C24H24N4O5/c1-17-22(18(2)27(26-17)15-20-7-4-3-5-8-20)14-25-23(29)16-33-24(30)12-11-19-9-6-10-21(13-19)28(31)32/h3-13H,14-16H2,1-2H3,(H,25,29)/b12-11+. The molecule has 1 amide bonds. The second-order valence-electron chi connectivity index (χ2n) is 7.36. The van der Waals surface area contributed by atoms with Crippen LogP contribution in [0.3, 0.4) is 0 Å². The summed E-state index contributed by atoms with van der Waals surface area (Å²) in [6.45, 7) is 4.30. The van der Waals surface area contributed by atoms with Crippen molar-refractivity contribution in [3.05, 3.63) is 98.9 Å². The van der Waals surface area contributed by atoms with Crippen molar-refractivity contribution in [2.24, 2.45) is 0 Å². The summed E-state index contributed by atoms with van der Waals surface area (Å²) in [4.78, 5) is 34.3. The second kappa shape index (κ2) is 10.9. The topological polar surface area (TPSA) is 116 Å². The number of carbonyl (C=O) groups excluding carboxylic acids is 2. The Labute approximate surface area is 190 Å². The molecular weight excluding hydrogens is 424 g/mol. The number of non-ortho nitro benzene ring substituents is 1. The first-order valence-electron chi connectivity index (χ1n) is 10.3. The van der Waals surface area contributed by atoms with Crippen molar-refractivity contribution in [2.75, 3.05) is 6.61 Å². The third-order valence-corrected chi connectivity index (χ3v) is 5.01. The van der Waals surface area contributed by atoms with Crippen LogP contribution in [-0.4, -0.2) is 33.2 Å². The van der Waals surface area contributed by atoms with Crippen LogP contribution in [0.5, 0.6) is 0 Å². The predicted octanol–water partition coefficient (Wildman–Crippen LogP) is 3.33. The van der Waals surface area contributed by atoms with Crippen molar-refractivity contribution < 1.29 is 19.2 Å². The molecule has 33 heavy (non-hydrogen) atoms. The molecule has 1 N–H and O–H groups in total. The van der Waals surface area contributed by atoms with Crippen LogP contribution in [0, 0.1) is 24.0 Å². The van der Waals surface area contributed by atoms with Crippen LogP contribution in [0.1, 0.15) is 28.1 Å². The van der Waals surface area contributed by atoms with Gasteiger partial charge < -0.3 is 10.1 Å². The Kier molecular flexibility index (Phi) is 7.69. The van der Waals surface area contributed by atoms with Gasteiger partial charge in [-0.2, -0.15) is 5.10 Å². The van der Waals surface area contributed by atoms with E-state index in [-0.39, 0.29) is 12.2 Å². The van der Waals surface area contributed by atoms with Crippen molar-refractivity contribution in [3.63, 3.8) is 0 Å². The second-order valence-corrected chi connectivity index (χ2v) is 7.36. The van der Waals surface area contributed by atoms with Crippen LogP contribution in [0.4, 0.5) is 5.69 Å². The first-order valence-corrected chi connectivity index (χ1v) is 10.3. The number of aromatic nitrogens is 2. The fourth-order valence-corrected chi connectivity index (χ4v) is 3.23. The summed E-state index contributed by atoms with van der Waals surface area (Å²) in [6.07, 6.45) is 2.51. The molecule has 0 spiro atoms. The predicted molar refractivity (Wildman–Crippen MR) is 122 cm³/mol. The van der Waals surface area contributed by atoms with E-state index in [1.54, 1.807) is 6.07 Å². The van der Waals surface area contributed by atoms with E-state index in [0.29, 0.717) is 12.1 Å². The lowest BCUT2D eigenvalue weighted by molar-refractivity contribution is -0.384. The maximum atomic E-state index is 12.1. The van der Waals surface area contributed by atoms with Crippen molar-refractivity contribution >= 4 is 23.6 Å². The number of esters is 1. The number of nitro benzene ring substituents is 1. The number of rotatable bonds is 9. The van der Waals surface area contributed by atoms with Gasteiger partial charge in [-0.1, -0.05) is 42.5 Å². The van der Waals surface area contributed by atoms with Gasteiger partial charge in [-0.25, -0.2) is 4.79 Å². The summed E-state index contributed by atoms with van der Waals surface area (Å²) in [5, 5.41) is 18.1. The van der Waals surface area contributed by atoms with E-state index in [2.05, 4.69) is 10.4 Å². The smallest absolute Gasteiger partial charge is 0.331 e. The van der Waals surface area contributed by atoms with E-state index in [1.807, 2.05) is 48.9 Å². The third kappa shape index (κ3) is 6.60. The van der Waals surface area contributed by atoms with Crippen LogP contribution in [0.25, 0.3) is 6.08 Å². The zero-order valence-electron chi connectivity index (χ0n) is 18.4. The molecular formula is C24H24N4O5. The number of hydrogen-bond acceptors (Lipinski definition) is 6. The lowest BCUT2D eigenvalue weighted by Crippen LogP contribution is -2.28. The van der Waals surface area contributed by atoms with Crippen LogP contribution in [-0.2, 0) is 27.4 Å². The highest BCUT2D eigenvalue weighted by atomic mass is 16.6. The number of hydrogen-bond donors (Lipinski definition) is 1. The molecule has 0 unspecified atom stereocenters. The minimum absolute atomic E-state index is 0.0810. The minimum Gasteiger partial charge on any atom is -0.452 e. The van der Waals surface area contributed by atoms with Gasteiger partial charge in [-0.05, 0) is 31.1 Å². The molecule has 0 aliphatic rings. The largest absolute Gasteiger partial charge is 0.452 e. The Morgan fingerprint density at radius 3 is 2.64 bits per heavy atom. The van der Waals surface area contributed by atoms with Gasteiger partial charge in [0.1, 0.15) is 0 Å². The number of nitrogens with one attached hydrogen (secondary N) is 1. The summed E-state index contributed by atoms with van der Waals surface area (Å²) >= 11 is 0. The fourth-order valence-electron chi connectivity index (χ4n) is 3.23. The number of ether oxygens (including phenoxy) is 1. The average Bonchev–Trinajstić information content (AvgIpc) is 3.07. The van der Waals surface area contributed by atoms with E-state index in [1.165, 1.54) is 24.3 Å². The fraction of sp³-hybridized carbons (Fsp3) is 0.208. The zero-order valence-corrected chi connectivity index (χ0v) is 18.4. The molecule has 3 aromatic rings. The zero-order chi connectivity index (χ0) is 23.8. The van der Waals surface area contributed by atoms with Crippen LogP contribution in [0.15, 0.2) is 60.7 Å². The molecule has 1 aromatic heterocycles. The summed E-state index contributed by atoms with van der Waals surface area (Å²) in [5.41, 5.74) is 4.21. The van der Waals surface area contributed by atoms with E-state index in [4.69, 9.17) is 4.74 Å². The van der Waals surface area contributed by atoms with Gasteiger partial charge in [0.25, 0.3) is 11.6 Å². The minimum atomic E-state index is -0.723. The summed E-state index contributed by atoms with van der Waals surface area (Å²) in [7, 11) is 0. The lowest BCUT2D eigenvalue weighted by atomic mass is 10.2. The molecule has 2 aromatic carbocycles. The molecule has 170 valence electrons. The number of carbonyl (C=O) groups is 2. The molecule has 0 aliphatic carbocycles. The molecule has 0 saturated carbocycles. The van der Waals surface area contributed by atoms with E-state index < -0.39 is 23.4 Å². The molecule has 0 saturated heterocycles. The highest BCUT2D eigenvalue weighted by molar-refractivity contribution is 5.89. The highest BCUT2D eigenvalue weighted by Gasteiger charge is 2.13. The Morgan fingerprint density at radius 1 is 1.15 bits per heavy atom. The van der Waals surface area contributed by atoms with Crippen molar-refractivity contribution in [3.8, 4) is 0 Å². The SMILES string of the molecule is Cc1nn(Cc2ccccc2)c(C)c1CNC(=O)COC(=O)/C=C/c1cccc([N+](=O)[O-])c1. The molecule has 0 bridgehead atoms. The van der Waals surface area contributed by atoms with Crippen molar-refractivity contribution in [1.82, 2.24) is 15.1 Å². The Hall–Kier alpha value is -4.27. The Morgan fingerprint density at radius 2 is 1.91 bits per heavy atom. The highest BCUT2D eigenvalue weighted by Crippen LogP contribution is 2.15. The van der Waals surface area contributed by atoms with Gasteiger partial charge in [0, 0.05) is 36.0 Å². The van der Waals surface area contributed by atoms with Gasteiger partial charge >= 0.3 is 5.97 Å². The van der Waals surface area contributed by atoms with E-state index in [0.717, 1.165) is 28.6 Å². The molecule has 0 aliphatic heterocycles. The monoisotopic (exact) mass is 448 g/mol.